The summed E-state index contributed by atoms with van der Waals surface area (Å²) in [6.07, 6.45) is 10.2. The van der Waals surface area contributed by atoms with Gasteiger partial charge < -0.3 is 4.42 Å². The molecule has 0 saturated carbocycles. The highest BCUT2D eigenvalue weighted by molar-refractivity contribution is 5.93. The normalized spacial score (nSPS) is 10.8. The molecule has 0 spiro atoms. The molecule has 102 valence electrons. The maximum atomic E-state index is 11.8. The van der Waals surface area contributed by atoms with E-state index in [1.54, 1.807) is 0 Å². The van der Waals surface area contributed by atoms with Crippen molar-refractivity contribution >= 4 is 5.78 Å². The first kappa shape index (κ1) is 15.0. The third-order valence-electron chi connectivity index (χ3n) is 3.29. The topological polar surface area (TPSA) is 30.2 Å². The second-order valence-corrected chi connectivity index (χ2v) is 4.91. The molecule has 0 aliphatic heterocycles. The fourth-order valence-corrected chi connectivity index (χ4v) is 2.08. The third-order valence-corrected chi connectivity index (χ3v) is 3.29. The van der Waals surface area contributed by atoms with Gasteiger partial charge in [-0.25, -0.2) is 0 Å². The van der Waals surface area contributed by atoms with Crippen LogP contribution in [0.15, 0.2) is 16.5 Å². The molecule has 0 radical (unpaired) electrons. The molecule has 2 nitrogen and oxygen atoms in total. The van der Waals surface area contributed by atoms with Crippen molar-refractivity contribution in [3.8, 4) is 0 Å². The summed E-state index contributed by atoms with van der Waals surface area (Å²) in [5.74, 6) is 1.60. The monoisotopic (exact) mass is 250 g/mol. The van der Waals surface area contributed by atoms with Crippen LogP contribution in [0.4, 0.5) is 0 Å². The lowest BCUT2D eigenvalue weighted by molar-refractivity contribution is 0.0950. The van der Waals surface area contributed by atoms with E-state index >= 15 is 0 Å². The van der Waals surface area contributed by atoms with Gasteiger partial charge in [-0.1, -0.05) is 52.4 Å². The molecule has 0 N–H and O–H groups in total. The molecule has 1 aromatic rings. The number of hydrogen-bond donors (Lipinski definition) is 0. The van der Waals surface area contributed by atoms with Crippen LogP contribution >= 0.6 is 0 Å². The fraction of sp³-hybridized carbons (Fsp3) is 0.688. The Morgan fingerprint density at radius 2 is 1.67 bits per heavy atom. The maximum Gasteiger partial charge on any atom is 0.197 e. The molecule has 2 heteroatoms. The summed E-state index contributed by atoms with van der Waals surface area (Å²) in [5, 5.41) is 0. The number of Topliss-reactive ketones (excluding diaryl/α,β-unsaturated/α-hetero) is 1. The van der Waals surface area contributed by atoms with Crippen LogP contribution in [0, 0.1) is 0 Å². The van der Waals surface area contributed by atoms with E-state index in [0.29, 0.717) is 12.2 Å². The standard InChI is InChI=1S/C16H26O2/c1-3-5-6-7-8-9-10-11-15(17)16-13-12-14(4-2)18-16/h12-13H,3-11H2,1-2H3. The van der Waals surface area contributed by atoms with Gasteiger partial charge in [-0.15, -0.1) is 0 Å². The predicted octanol–water partition coefficient (Wildman–Crippen LogP) is 5.17. The van der Waals surface area contributed by atoms with Gasteiger partial charge in [0.05, 0.1) is 0 Å². The molecule has 0 fully saturated rings. The minimum absolute atomic E-state index is 0.156. The van der Waals surface area contributed by atoms with Crippen LogP contribution in [0.1, 0.15) is 81.5 Å². The molecule has 0 atom stereocenters. The molecule has 0 bridgehead atoms. The van der Waals surface area contributed by atoms with Crippen molar-refractivity contribution in [2.45, 2.75) is 71.6 Å². The van der Waals surface area contributed by atoms with Gasteiger partial charge >= 0.3 is 0 Å². The van der Waals surface area contributed by atoms with Gasteiger partial charge in [0.25, 0.3) is 0 Å². The van der Waals surface area contributed by atoms with E-state index in [1.165, 1.54) is 32.1 Å². The van der Waals surface area contributed by atoms with Gasteiger partial charge in [-0.05, 0) is 18.6 Å². The Labute approximate surface area is 111 Å². The number of ketones is 1. The number of carbonyl (C=O) groups is 1. The molecule has 0 aliphatic carbocycles. The van der Waals surface area contributed by atoms with Gasteiger partial charge in [0.2, 0.25) is 0 Å². The third kappa shape index (κ3) is 5.52. The molecule has 1 heterocycles. The molecule has 0 amide bonds. The Balaban J connectivity index is 2.10. The molecular weight excluding hydrogens is 224 g/mol. The van der Waals surface area contributed by atoms with Crippen molar-refractivity contribution in [2.24, 2.45) is 0 Å². The summed E-state index contributed by atoms with van der Waals surface area (Å²) in [7, 11) is 0. The first-order valence-corrected chi connectivity index (χ1v) is 7.39. The first-order valence-electron chi connectivity index (χ1n) is 7.39. The highest BCUT2D eigenvalue weighted by atomic mass is 16.3. The van der Waals surface area contributed by atoms with Gasteiger partial charge in [-0.2, -0.15) is 0 Å². The van der Waals surface area contributed by atoms with E-state index in [4.69, 9.17) is 4.42 Å². The average molecular weight is 250 g/mol. The minimum atomic E-state index is 0.156. The SMILES string of the molecule is CCCCCCCCCC(=O)c1ccc(CC)o1. The smallest absolute Gasteiger partial charge is 0.197 e. The van der Waals surface area contributed by atoms with Crippen molar-refractivity contribution in [1.29, 1.82) is 0 Å². The second-order valence-electron chi connectivity index (χ2n) is 4.91. The summed E-state index contributed by atoms with van der Waals surface area (Å²) in [6, 6.07) is 3.71. The van der Waals surface area contributed by atoms with E-state index in [0.717, 1.165) is 25.0 Å². The second kappa shape index (κ2) is 8.96. The number of aryl methyl sites for hydroxylation is 1. The van der Waals surface area contributed by atoms with Crippen LogP contribution in [-0.2, 0) is 6.42 Å². The van der Waals surface area contributed by atoms with Crippen LogP contribution < -0.4 is 0 Å². The zero-order valence-corrected chi connectivity index (χ0v) is 11.8. The Bertz CT molecular complexity index is 339. The van der Waals surface area contributed by atoms with E-state index in [2.05, 4.69) is 6.92 Å². The Kier molecular flexibility index (Phi) is 7.47. The quantitative estimate of drug-likeness (QED) is 0.424. The largest absolute Gasteiger partial charge is 0.458 e. The average Bonchev–Trinajstić information content (AvgIpc) is 2.86. The summed E-state index contributed by atoms with van der Waals surface area (Å²) in [6.45, 7) is 4.26. The van der Waals surface area contributed by atoms with E-state index in [9.17, 15) is 4.79 Å². The lowest BCUT2D eigenvalue weighted by atomic mass is 10.1. The Hall–Kier alpha value is -1.05. The molecular formula is C16H26O2. The van der Waals surface area contributed by atoms with Gasteiger partial charge in [0.1, 0.15) is 5.76 Å². The van der Waals surface area contributed by atoms with E-state index in [-0.39, 0.29) is 5.78 Å². The number of carbonyl (C=O) groups excluding carboxylic acids is 1. The van der Waals surface area contributed by atoms with Crippen molar-refractivity contribution in [3.63, 3.8) is 0 Å². The van der Waals surface area contributed by atoms with Gasteiger partial charge in [-0.3, -0.25) is 4.79 Å². The number of unbranched alkanes of at least 4 members (excludes halogenated alkanes) is 6. The maximum absolute atomic E-state index is 11.8. The predicted molar refractivity (Wildman–Crippen MR) is 75.0 cm³/mol. The molecule has 0 aromatic carbocycles. The number of furan rings is 1. The molecule has 18 heavy (non-hydrogen) atoms. The Morgan fingerprint density at radius 1 is 1.00 bits per heavy atom. The lowest BCUT2D eigenvalue weighted by Crippen LogP contribution is -1.96. The summed E-state index contributed by atoms with van der Waals surface area (Å²) >= 11 is 0. The number of hydrogen-bond acceptors (Lipinski definition) is 2. The minimum Gasteiger partial charge on any atom is -0.458 e. The highest BCUT2D eigenvalue weighted by Crippen LogP contribution is 2.14. The molecule has 1 rings (SSSR count). The summed E-state index contributed by atoms with van der Waals surface area (Å²) < 4.78 is 5.46. The molecule has 0 unspecified atom stereocenters. The van der Waals surface area contributed by atoms with Crippen LogP contribution in [0.3, 0.4) is 0 Å². The van der Waals surface area contributed by atoms with Gasteiger partial charge in [0, 0.05) is 12.8 Å². The lowest BCUT2D eigenvalue weighted by Gasteiger charge is -2.00. The van der Waals surface area contributed by atoms with Crippen LogP contribution in [0.2, 0.25) is 0 Å². The van der Waals surface area contributed by atoms with Crippen molar-refractivity contribution < 1.29 is 9.21 Å². The summed E-state index contributed by atoms with van der Waals surface area (Å²) in [4.78, 5) is 11.8. The van der Waals surface area contributed by atoms with Crippen LogP contribution in [-0.4, -0.2) is 5.78 Å². The summed E-state index contributed by atoms with van der Waals surface area (Å²) in [5.41, 5.74) is 0. The molecule has 1 aromatic heterocycles. The highest BCUT2D eigenvalue weighted by Gasteiger charge is 2.09. The van der Waals surface area contributed by atoms with Crippen molar-refractivity contribution in [2.75, 3.05) is 0 Å². The van der Waals surface area contributed by atoms with E-state index in [1.807, 2.05) is 19.1 Å². The zero-order chi connectivity index (χ0) is 13.2. The van der Waals surface area contributed by atoms with Crippen LogP contribution in [0.5, 0.6) is 0 Å². The molecule has 0 aliphatic rings. The molecule has 0 saturated heterocycles. The Morgan fingerprint density at radius 3 is 2.28 bits per heavy atom. The first-order chi connectivity index (χ1) is 8.77. The van der Waals surface area contributed by atoms with Crippen LogP contribution in [0.25, 0.3) is 0 Å². The van der Waals surface area contributed by atoms with E-state index < -0.39 is 0 Å². The van der Waals surface area contributed by atoms with Gasteiger partial charge in [0.15, 0.2) is 11.5 Å². The van der Waals surface area contributed by atoms with Crippen molar-refractivity contribution in [1.82, 2.24) is 0 Å². The fourth-order valence-electron chi connectivity index (χ4n) is 2.08. The number of rotatable bonds is 10. The van der Waals surface area contributed by atoms with Crippen molar-refractivity contribution in [3.05, 3.63) is 23.7 Å². The zero-order valence-electron chi connectivity index (χ0n) is 11.8.